The summed E-state index contributed by atoms with van der Waals surface area (Å²) in [6, 6.07) is 0. The van der Waals surface area contributed by atoms with Gasteiger partial charge in [-0.2, -0.15) is 0 Å². The minimum absolute atomic E-state index is 0.0230. The number of rotatable bonds is 8. The van der Waals surface area contributed by atoms with Gasteiger partial charge in [0.2, 0.25) is 0 Å². The topological polar surface area (TPSA) is 59.1 Å². The minimum atomic E-state index is -1.51. The van der Waals surface area contributed by atoms with E-state index in [9.17, 15) is 9.59 Å². The van der Waals surface area contributed by atoms with Gasteiger partial charge < -0.3 is 9.47 Å². The smallest absolute Gasteiger partial charge is 0.325 e. The predicted octanol–water partition coefficient (Wildman–Crippen LogP) is 1.01. The van der Waals surface area contributed by atoms with Crippen molar-refractivity contribution in [2.24, 2.45) is 5.41 Å². The second kappa shape index (κ2) is 12.4. The van der Waals surface area contributed by atoms with Crippen LogP contribution in [-0.4, -0.2) is 76.2 Å². The molecule has 0 aromatic carbocycles. The monoisotopic (exact) mass is 350 g/mol. The number of carbonyl (C=O) groups is 2. The summed E-state index contributed by atoms with van der Waals surface area (Å²) in [6.07, 6.45) is 0.0459. The SMILES string of the molecule is CCOC(=O)C(CC#CCN(C)C)(CC#CCN(C)C)C(=O)OCC. The van der Waals surface area contributed by atoms with Gasteiger partial charge in [0.1, 0.15) is 0 Å². The summed E-state index contributed by atoms with van der Waals surface area (Å²) in [6.45, 7) is 4.82. The van der Waals surface area contributed by atoms with Crippen molar-refractivity contribution in [3.8, 4) is 23.7 Å². The van der Waals surface area contributed by atoms with Crippen LogP contribution in [0.2, 0.25) is 0 Å². The van der Waals surface area contributed by atoms with Crippen LogP contribution in [0.15, 0.2) is 0 Å². The molecule has 0 saturated heterocycles. The first-order chi connectivity index (χ1) is 11.8. The van der Waals surface area contributed by atoms with Crippen LogP contribution in [0.4, 0.5) is 0 Å². The third-order valence-electron chi connectivity index (χ3n) is 3.15. The molecule has 0 rings (SSSR count). The van der Waals surface area contributed by atoms with Crippen LogP contribution in [-0.2, 0) is 19.1 Å². The van der Waals surface area contributed by atoms with Crippen LogP contribution in [0.3, 0.4) is 0 Å². The highest BCUT2D eigenvalue weighted by molar-refractivity contribution is 6.00. The Balaban J connectivity index is 5.59. The summed E-state index contributed by atoms with van der Waals surface area (Å²) >= 11 is 0. The van der Waals surface area contributed by atoms with Gasteiger partial charge in [0.25, 0.3) is 0 Å². The number of ether oxygens (including phenoxy) is 2. The molecular weight excluding hydrogens is 320 g/mol. The summed E-state index contributed by atoms with van der Waals surface area (Å²) in [5.74, 6) is 10.5. The summed E-state index contributed by atoms with van der Waals surface area (Å²) in [4.78, 5) is 28.9. The van der Waals surface area contributed by atoms with E-state index in [0.717, 1.165) is 0 Å². The molecule has 0 aromatic heterocycles. The number of carbonyl (C=O) groups excluding carboxylic acids is 2. The Morgan fingerprint density at radius 1 is 0.760 bits per heavy atom. The van der Waals surface area contributed by atoms with Gasteiger partial charge in [-0.15, -0.1) is 11.8 Å². The van der Waals surface area contributed by atoms with Crippen molar-refractivity contribution in [2.75, 3.05) is 54.5 Å². The first-order valence-corrected chi connectivity index (χ1v) is 8.35. The van der Waals surface area contributed by atoms with Crippen molar-refractivity contribution in [1.82, 2.24) is 9.80 Å². The molecule has 0 aliphatic rings. The zero-order chi connectivity index (χ0) is 19.3. The maximum atomic E-state index is 12.6. The van der Waals surface area contributed by atoms with E-state index >= 15 is 0 Å². The molecule has 0 aromatic rings. The Morgan fingerprint density at radius 2 is 1.12 bits per heavy atom. The molecular formula is C19H30N2O4. The molecule has 0 aliphatic heterocycles. The summed E-state index contributed by atoms with van der Waals surface area (Å²) in [5.41, 5.74) is -1.51. The van der Waals surface area contributed by atoms with Crippen molar-refractivity contribution in [3.63, 3.8) is 0 Å². The Kier molecular flexibility index (Phi) is 11.4. The molecule has 25 heavy (non-hydrogen) atoms. The second-order valence-corrected chi connectivity index (χ2v) is 6.06. The van der Waals surface area contributed by atoms with Gasteiger partial charge >= 0.3 is 11.9 Å². The highest BCUT2D eigenvalue weighted by Gasteiger charge is 2.48. The zero-order valence-electron chi connectivity index (χ0n) is 16.3. The second-order valence-electron chi connectivity index (χ2n) is 6.06. The Morgan fingerprint density at radius 3 is 1.40 bits per heavy atom. The molecule has 0 aliphatic carbocycles. The molecule has 0 N–H and O–H groups in total. The summed E-state index contributed by atoms with van der Waals surface area (Å²) in [7, 11) is 7.58. The van der Waals surface area contributed by atoms with Gasteiger partial charge in [-0.3, -0.25) is 19.4 Å². The minimum Gasteiger partial charge on any atom is -0.465 e. The van der Waals surface area contributed by atoms with Crippen molar-refractivity contribution in [2.45, 2.75) is 26.7 Å². The third kappa shape index (κ3) is 8.58. The number of hydrogen-bond donors (Lipinski definition) is 0. The van der Waals surface area contributed by atoms with Crippen molar-refractivity contribution < 1.29 is 19.1 Å². The Hall–Kier alpha value is -2.02. The predicted molar refractivity (Wildman–Crippen MR) is 97.6 cm³/mol. The molecule has 140 valence electrons. The van der Waals surface area contributed by atoms with Crippen LogP contribution in [0.25, 0.3) is 0 Å². The van der Waals surface area contributed by atoms with Gasteiger partial charge in [-0.25, -0.2) is 0 Å². The molecule has 0 amide bonds. The van der Waals surface area contributed by atoms with E-state index in [2.05, 4.69) is 23.7 Å². The fourth-order valence-corrected chi connectivity index (χ4v) is 1.83. The number of esters is 2. The van der Waals surface area contributed by atoms with Crippen LogP contribution in [0.5, 0.6) is 0 Å². The van der Waals surface area contributed by atoms with E-state index in [-0.39, 0.29) is 26.1 Å². The van der Waals surface area contributed by atoms with E-state index in [0.29, 0.717) is 13.1 Å². The van der Waals surface area contributed by atoms with E-state index in [4.69, 9.17) is 9.47 Å². The molecule has 0 bridgehead atoms. The first kappa shape index (κ1) is 23.0. The summed E-state index contributed by atoms with van der Waals surface area (Å²) in [5, 5.41) is 0. The van der Waals surface area contributed by atoms with Crippen LogP contribution in [0, 0.1) is 29.1 Å². The van der Waals surface area contributed by atoms with E-state index in [1.54, 1.807) is 13.8 Å². The molecule has 0 radical (unpaired) electrons. The van der Waals surface area contributed by atoms with Gasteiger partial charge in [0.15, 0.2) is 5.41 Å². The van der Waals surface area contributed by atoms with Crippen molar-refractivity contribution >= 4 is 11.9 Å². The average molecular weight is 350 g/mol. The molecule has 6 nitrogen and oxygen atoms in total. The van der Waals surface area contributed by atoms with E-state index in [1.807, 2.05) is 38.0 Å². The molecule has 0 fully saturated rings. The highest BCUT2D eigenvalue weighted by Crippen LogP contribution is 2.30. The van der Waals surface area contributed by atoms with Gasteiger partial charge in [0.05, 0.1) is 26.3 Å². The molecule has 0 heterocycles. The fraction of sp³-hybridized carbons (Fsp3) is 0.684. The lowest BCUT2D eigenvalue weighted by atomic mass is 9.81. The van der Waals surface area contributed by atoms with Crippen LogP contribution < -0.4 is 0 Å². The zero-order valence-corrected chi connectivity index (χ0v) is 16.3. The fourth-order valence-electron chi connectivity index (χ4n) is 1.83. The lowest BCUT2D eigenvalue weighted by Gasteiger charge is -2.25. The first-order valence-electron chi connectivity index (χ1n) is 8.35. The molecule has 0 atom stereocenters. The molecule has 0 spiro atoms. The quantitative estimate of drug-likeness (QED) is 0.370. The highest BCUT2D eigenvalue weighted by atomic mass is 16.6. The molecule has 6 heteroatoms. The van der Waals surface area contributed by atoms with Gasteiger partial charge in [-0.05, 0) is 42.0 Å². The number of nitrogens with zero attached hydrogens (tertiary/aromatic N) is 2. The van der Waals surface area contributed by atoms with Crippen molar-refractivity contribution in [3.05, 3.63) is 0 Å². The lowest BCUT2D eigenvalue weighted by Crippen LogP contribution is -2.42. The van der Waals surface area contributed by atoms with Crippen molar-refractivity contribution in [1.29, 1.82) is 0 Å². The Bertz CT molecular complexity index is 497. The lowest BCUT2D eigenvalue weighted by molar-refractivity contribution is -0.171. The maximum Gasteiger partial charge on any atom is 0.325 e. The third-order valence-corrected chi connectivity index (χ3v) is 3.15. The summed E-state index contributed by atoms with van der Waals surface area (Å²) < 4.78 is 10.3. The maximum absolute atomic E-state index is 12.6. The Labute approximate surface area is 151 Å². The van der Waals surface area contributed by atoms with Gasteiger partial charge in [0, 0.05) is 12.8 Å². The molecule has 0 unspecified atom stereocenters. The van der Waals surface area contributed by atoms with E-state index in [1.165, 1.54) is 0 Å². The average Bonchev–Trinajstić information content (AvgIpc) is 2.53. The largest absolute Gasteiger partial charge is 0.465 e. The van der Waals surface area contributed by atoms with Crippen LogP contribution in [0.1, 0.15) is 26.7 Å². The van der Waals surface area contributed by atoms with E-state index < -0.39 is 17.4 Å². The number of hydrogen-bond acceptors (Lipinski definition) is 6. The normalized spacial score (nSPS) is 10.6. The van der Waals surface area contributed by atoms with Gasteiger partial charge in [-0.1, -0.05) is 11.8 Å². The van der Waals surface area contributed by atoms with Crippen LogP contribution >= 0.6 is 0 Å². The standard InChI is InChI=1S/C19H30N2O4/c1-7-24-17(22)19(18(23)25-8-2,13-9-11-15-20(3)4)14-10-12-16-21(5)6/h7-8,13-16H2,1-6H3. The molecule has 0 saturated carbocycles.